The summed E-state index contributed by atoms with van der Waals surface area (Å²) in [5.41, 5.74) is 2.06. The zero-order valence-electron chi connectivity index (χ0n) is 15.6. The van der Waals surface area contributed by atoms with Crippen LogP contribution in [0.4, 0.5) is 5.69 Å². The molecule has 0 saturated heterocycles. The van der Waals surface area contributed by atoms with Crippen LogP contribution in [0.1, 0.15) is 25.6 Å². The number of fused-ring (bicyclic) bond motifs is 3. The van der Waals surface area contributed by atoms with Gasteiger partial charge in [-0.05, 0) is 30.0 Å². The van der Waals surface area contributed by atoms with E-state index in [-0.39, 0.29) is 5.91 Å². The lowest BCUT2D eigenvalue weighted by atomic mass is 10.0. The van der Waals surface area contributed by atoms with Crippen LogP contribution in [-0.2, 0) is 4.79 Å². The summed E-state index contributed by atoms with van der Waals surface area (Å²) in [7, 11) is 0. The third-order valence-electron chi connectivity index (χ3n) is 4.59. The number of carbonyl (C=O) groups excluding carboxylic acids is 1. The van der Waals surface area contributed by atoms with Crippen molar-refractivity contribution in [3.8, 4) is 17.1 Å². The topological polar surface area (TPSA) is 73.0 Å². The molecule has 4 rings (SSSR count). The van der Waals surface area contributed by atoms with Gasteiger partial charge in [-0.1, -0.05) is 64.8 Å². The van der Waals surface area contributed by atoms with Gasteiger partial charge in [0.25, 0.3) is 17.0 Å². The molecule has 148 valence electrons. The first-order chi connectivity index (χ1) is 13.9. The van der Waals surface area contributed by atoms with E-state index < -0.39 is 12.0 Å². The maximum Gasteiger partial charge on any atom is 0.294 e. The average molecular weight is 447 g/mol. The van der Waals surface area contributed by atoms with Crippen LogP contribution in [0.2, 0.25) is 10.0 Å². The Bertz CT molecular complexity index is 1130. The maximum atomic E-state index is 13.0. The van der Waals surface area contributed by atoms with Crippen molar-refractivity contribution in [2.24, 2.45) is 0 Å². The van der Waals surface area contributed by atoms with Crippen molar-refractivity contribution in [2.45, 2.75) is 25.2 Å². The van der Waals surface area contributed by atoms with Gasteiger partial charge in [0.2, 0.25) is 5.91 Å². The van der Waals surface area contributed by atoms with Crippen LogP contribution in [0.5, 0.6) is 5.88 Å². The van der Waals surface area contributed by atoms with Crippen LogP contribution < -0.4 is 14.7 Å². The van der Waals surface area contributed by atoms with Gasteiger partial charge in [0.05, 0.1) is 32.7 Å². The molecular formula is C20H16Cl2N4O2S. The number of rotatable bonds is 3. The lowest BCUT2D eigenvalue weighted by Crippen LogP contribution is -2.58. The van der Waals surface area contributed by atoms with E-state index in [9.17, 15) is 9.90 Å². The number of carbonyl (C=O) groups is 1. The minimum absolute atomic E-state index is 0.215. The number of aromatic nitrogens is 3. The van der Waals surface area contributed by atoms with Gasteiger partial charge < -0.3 is 5.11 Å². The number of benzene rings is 2. The van der Waals surface area contributed by atoms with E-state index in [1.54, 1.807) is 35.2 Å². The van der Waals surface area contributed by atoms with Crippen molar-refractivity contribution in [1.29, 1.82) is 0 Å². The largest absolute Gasteiger partial charge is 0.854 e. The molecule has 29 heavy (non-hydrogen) atoms. The molecule has 0 spiro atoms. The monoisotopic (exact) mass is 446 g/mol. The van der Waals surface area contributed by atoms with Crippen molar-refractivity contribution in [1.82, 2.24) is 10.1 Å². The van der Waals surface area contributed by atoms with Crippen LogP contribution in [0.25, 0.3) is 11.3 Å². The molecule has 0 aliphatic carbocycles. The highest BCUT2D eigenvalue weighted by molar-refractivity contribution is 7.99. The maximum absolute atomic E-state index is 13.0. The molecule has 3 aromatic rings. The first-order valence-corrected chi connectivity index (χ1v) is 10.6. The fraction of sp³-hybridized carbons (Fsp3) is 0.200. The first-order valence-electron chi connectivity index (χ1n) is 8.90. The molecule has 0 fully saturated rings. The van der Waals surface area contributed by atoms with Crippen molar-refractivity contribution < 1.29 is 14.6 Å². The number of para-hydroxylation sites is 1. The standard InChI is InChI=1S/C20H16Cl2N4O2S/c1-3-29-20-23-18(28)17-12-7-4-5-10-15(12)25(11(2)27)19(26(17)24-20)13-8-6-9-14(21)16(13)22/h4-10,19H,3H2,1-2H3. The molecule has 1 unspecified atom stereocenters. The van der Waals surface area contributed by atoms with E-state index in [1.165, 1.54) is 23.4 Å². The Morgan fingerprint density at radius 1 is 1.24 bits per heavy atom. The lowest BCUT2D eigenvalue weighted by molar-refractivity contribution is -0.764. The van der Waals surface area contributed by atoms with Crippen molar-refractivity contribution in [3.63, 3.8) is 0 Å². The molecule has 0 saturated carbocycles. The molecule has 0 bridgehead atoms. The van der Waals surface area contributed by atoms with Gasteiger partial charge in [0.1, 0.15) is 0 Å². The predicted octanol–water partition coefficient (Wildman–Crippen LogP) is 3.84. The zero-order chi connectivity index (χ0) is 20.7. The number of hydrogen-bond donors (Lipinski definition) is 0. The normalized spacial score (nSPS) is 15.0. The molecule has 1 amide bonds. The number of anilines is 1. The second-order valence-corrected chi connectivity index (χ2v) is 8.36. The molecule has 1 aliphatic rings. The van der Waals surface area contributed by atoms with Crippen molar-refractivity contribution in [2.75, 3.05) is 10.7 Å². The number of hydrogen-bond acceptors (Lipinski definition) is 5. The van der Waals surface area contributed by atoms with Gasteiger partial charge in [0.15, 0.2) is 0 Å². The minimum atomic E-state index is -0.768. The van der Waals surface area contributed by atoms with Crippen molar-refractivity contribution in [3.05, 3.63) is 58.1 Å². The van der Waals surface area contributed by atoms with E-state index >= 15 is 0 Å². The summed E-state index contributed by atoms with van der Waals surface area (Å²) in [5, 5.41) is 18.6. The van der Waals surface area contributed by atoms with E-state index in [2.05, 4.69) is 10.1 Å². The minimum Gasteiger partial charge on any atom is -0.854 e. The Labute approximate surface area is 182 Å². The predicted molar refractivity (Wildman–Crippen MR) is 111 cm³/mol. The van der Waals surface area contributed by atoms with Gasteiger partial charge in [-0.15, -0.1) is 0 Å². The third-order valence-corrected chi connectivity index (χ3v) is 6.14. The highest BCUT2D eigenvalue weighted by atomic mass is 35.5. The Morgan fingerprint density at radius 3 is 2.72 bits per heavy atom. The number of amides is 1. The van der Waals surface area contributed by atoms with Crippen LogP contribution in [-0.4, -0.2) is 21.7 Å². The second-order valence-electron chi connectivity index (χ2n) is 6.35. The van der Waals surface area contributed by atoms with Gasteiger partial charge >= 0.3 is 0 Å². The molecule has 0 radical (unpaired) electrons. The van der Waals surface area contributed by atoms with Crippen LogP contribution in [0, 0.1) is 0 Å². The molecule has 2 heterocycles. The van der Waals surface area contributed by atoms with Gasteiger partial charge in [-0.25, -0.2) is 9.88 Å². The summed E-state index contributed by atoms with van der Waals surface area (Å²) in [5.74, 6) is 0.0798. The second kappa shape index (κ2) is 7.82. The summed E-state index contributed by atoms with van der Waals surface area (Å²) < 4.78 is 1.54. The molecule has 6 nitrogen and oxygen atoms in total. The Hall–Kier alpha value is -2.35. The quantitative estimate of drug-likeness (QED) is 0.451. The molecule has 2 aromatic carbocycles. The van der Waals surface area contributed by atoms with Crippen LogP contribution >= 0.6 is 35.0 Å². The smallest absolute Gasteiger partial charge is 0.294 e. The Balaban J connectivity index is 2.09. The van der Waals surface area contributed by atoms with E-state index in [0.717, 1.165) is 0 Å². The van der Waals surface area contributed by atoms with Crippen LogP contribution in [0.3, 0.4) is 0 Å². The molecule has 9 heteroatoms. The average Bonchev–Trinajstić information content (AvgIpc) is 2.69. The fourth-order valence-corrected chi connectivity index (χ4v) is 4.42. The summed E-state index contributed by atoms with van der Waals surface area (Å²) in [6, 6.07) is 12.4. The fourth-order valence-electron chi connectivity index (χ4n) is 3.47. The summed E-state index contributed by atoms with van der Waals surface area (Å²) >= 11 is 14.1. The molecular weight excluding hydrogens is 431 g/mol. The van der Waals surface area contributed by atoms with Crippen molar-refractivity contribution >= 4 is 46.6 Å². The molecule has 1 atom stereocenters. The van der Waals surface area contributed by atoms with E-state index in [0.29, 0.717) is 43.5 Å². The van der Waals surface area contributed by atoms with Gasteiger partial charge in [-0.3, -0.25) is 4.79 Å². The highest BCUT2D eigenvalue weighted by Gasteiger charge is 2.44. The van der Waals surface area contributed by atoms with E-state index in [4.69, 9.17) is 23.2 Å². The molecule has 1 aliphatic heterocycles. The van der Waals surface area contributed by atoms with Gasteiger partial charge in [0, 0.05) is 12.0 Å². The summed E-state index contributed by atoms with van der Waals surface area (Å²) in [6.45, 7) is 3.42. The molecule has 1 aromatic heterocycles. The third kappa shape index (κ3) is 3.33. The highest BCUT2D eigenvalue weighted by Crippen LogP contribution is 2.42. The summed E-state index contributed by atoms with van der Waals surface area (Å²) in [6.07, 6.45) is -0.768. The summed E-state index contributed by atoms with van der Waals surface area (Å²) in [4.78, 5) is 18.5. The molecule has 0 N–H and O–H groups in total. The zero-order valence-corrected chi connectivity index (χ0v) is 17.9. The SMILES string of the molecule is CCSc1nc([O-])c2[n+](n1)C(c1cccc(Cl)c1Cl)N(C(C)=O)c1ccccc1-2. The first kappa shape index (κ1) is 19.9. The number of halogens is 2. The number of thioether (sulfide) groups is 1. The van der Waals surface area contributed by atoms with Crippen LogP contribution in [0.15, 0.2) is 47.6 Å². The Kier molecular flexibility index (Phi) is 5.38. The lowest BCUT2D eigenvalue weighted by Gasteiger charge is -2.33. The van der Waals surface area contributed by atoms with E-state index in [1.807, 2.05) is 19.1 Å². The Morgan fingerprint density at radius 2 is 2.00 bits per heavy atom. The van der Waals surface area contributed by atoms with Gasteiger partial charge in [-0.2, -0.15) is 0 Å². The number of nitrogens with zero attached hydrogens (tertiary/aromatic N) is 4.